The van der Waals surface area contributed by atoms with E-state index in [4.69, 9.17) is 14.2 Å². The third-order valence-corrected chi connectivity index (χ3v) is 5.68. The molecular weight excluding hydrogens is 440 g/mol. The standard InChI is InChI=1S/C25H26N2O7/c1-16-21(24(28)33-4)23(19-11-8-12-20(13-19)27(30)31)22(17(2)26(16)15-32-3)25(29)34-14-18-9-6-5-7-10-18/h5-13,23H,14-15H2,1-4H3/t23-/m0/s1. The number of ether oxygens (including phenoxy) is 3. The van der Waals surface area contributed by atoms with Gasteiger partial charge in [-0.3, -0.25) is 10.1 Å². The van der Waals surface area contributed by atoms with Gasteiger partial charge in [0, 0.05) is 30.6 Å². The van der Waals surface area contributed by atoms with Gasteiger partial charge in [-0.15, -0.1) is 0 Å². The number of methoxy groups -OCH3 is 2. The summed E-state index contributed by atoms with van der Waals surface area (Å²) in [5, 5.41) is 11.4. The van der Waals surface area contributed by atoms with E-state index in [1.807, 2.05) is 30.3 Å². The number of nitro groups is 1. The molecule has 2 aromatic carbocycles. The van der Waals surface area contributed by atoms with Crippen LogP contribution in [-0.2, 0) is 30.4 Å². The third kappa shape index (κ3) is 4.99. The summed E-state index contributed by atoms with van der Waals surface area (Å²) in [6.07, 6.45) is 0. The van der Waals surface area contributed by atoms with Crippen LogP contribution in [0.4, 0.5) is 5.69 Å². The molecule has 2 aromatic rings. The highest BCUT2D eigenvalue weighted by Crippen LogP contribution is 2.43. The van der Waals surface area contributed by atoms with Gasteiger partial charge in [-0.2, -0.15) is 0 Å². The van der Waals surface area contributed by atoms with Crippen LogP contribution in [0.2, 0.25) is 0 Å². The van der Waals surface area contributed by atoms with E-state index in [0.29, 0.717) is 17.0 Å². The summed E-state index contributed by atoms with van der Waals surface area (Å²) in [6, 6.07) is 15.0. The molecule has 0 bridgehead atoms. The molecule has 1 heterocycles. The van der Waals surface area contributed by atoms with Gasteiger partial charge in [0.15, 0.2) is 0 Å². The molecule has 0 aliphatic carbocycles. The van der Waals surface area contributed by atoms with Crippen molar-refractivity contribution in [1.29, 1.82) is 0 Å². The molecule has 178 valence electrons. The van der Waals surface area contributed by atoms with Crippen molar-refractivity contribution in [3.63, 3.8) is 0 Å². The van der Waals surface area contributed by atoms with E-state index in [9.17, 15) is 19.7 Å². The van der Waals surface area contributed by atoms with Crippen molar-refractivity contribution < 1.29 is 28.7 Å². The van der Waals surface area contributed by atoms with Gasteiger partial charge >= 0.3 is 11.9 Å². The number of carbonyl (C=O) groups excluding carboxylic acids is 2. The van der Waals surface area contributed by atoms with Gasteiger partial charge in [-0.05, 0) is 25.0 Å². The minimum Gasteiger partial charge on any atom is -0.466 e. The molecule has 0 saturated heterocycles. The van der Waals surface area contributed by atoms with Crippen molar-refractivity contribution in [2.75, 3.05) is 21.0 Å². The lowest BCUT2D eigenvalue weighted by Gasteiger charge is -2.37. The molecule has 0 unspecified atom stereocenters. The second-order valence-corrected chi connectivity index (χ2v) is 7.68. The van der Waals surface area contributed by atoms with Gasteiger partial charge in [0.25, 0.3) is 5.69 Å². The Morgan fingerprint density at radius 1 is 0.971 bits per heavy atom. The summed E-state index contributed by atoms with van der Waals surface area (Å²) in [7, 11) is 2.74. The van der Waals surface area contributed by atoms with Crippen LogP contribution in [0.3, 0.4) is 0 Å². The summed E-state index contributed by atoms with van der Waals surface area (Å²) in [5.41, 5.74) is 2.43. The average Bonchev–Trinajstić information content (AvgIpc) is 2.85. The smallest absolute Gasteiger partial charge is 0.337 e. The highest BCUT2D eigenvalue weighted by Gasteiger charge is 2.41. The number of nitrogens with zero attached hydrogens (tertiary/aromatic N) is 2. The van der Waals surface area contributed by atoms with Crippen LogP contribution in [-0.4, -0.2) is 42.7 Å². The first-order chi connectivity index (χ1) is 16.3. The van der Waals surface area contributed by atoms with Crippen molar-refractivity contribution in [2.24, 2.45) is 0 Å². The van der Waals surface area contributed by atoms with Gasteiger partial charge in [0.1, 0.15) is 13.3 Å². The van der Waals surface area contributed by atoms with Crippen LogP contribution in [0.1, 0.15) is 30.9 Å². The first-order valence-electron chi connectivity index (χ1n) is 10.5. The van der Waals surface area contributed by atoms with Crippen LogP contribution < -0.4 is 0 Å². The number of nitro benzene ring substituents is 1. The molecule has 0 aromatic heterocycles. The molecule has 9 nitrogen and oxygen atoms in total. The molecule has 1 atom stereocenters. The number of esters is 2. The molecule has 9 heteroatoms. The molecule has 1 aliphatic rings. The van der Waals surface area contributed by atoms with Gasteiger partial charge in [0.05, 0.1) is 29.1 Å². The van der Waals surface area contributed by atoms with Crippen molar-refractivity contribution >= 4 is 17.6 Å². The second kappa shape index (κ2) is 10.8. The largest absolute Gasteiger partial charge is 0.466 e. The Bertz CT molecular complexity index is 1150. The van der Waals surface area contributed by atoms with Gasteiger partial charge in [-0.25, -0.2) is 9.59 Å². The lowest BCUT2D eigenvalue weighted by atomic mass is 9.79. The number of carbonyl (C=O) groups is 2. The Labute approximate surface area is 197 Å². The summed E-state index contributed by atoms with van der Waals surface area (Å²) in [5.74, 6) is -2.23. The highest BCUT2D eigenvalue weighted by atomic mass is 16.6. The van der Waals surface area contributed by atoms with Crippen LogP contribution in [0.25, 0.3) is 0 Å². The molecule has 0 fully saturated rings. The van der Waals surface area contributed by atoms with Crippen LogP contribution >= 0.6 is 0 Å². The maximum absolute atomic E-state index is 13.4. The van der Waals surface area contributed by atoms with E-state index in [0.717, 1.165) is 5.56 Å². The minimum atomic E-state index is -0.927. The number of rotatable bonds is 8. The predicted octanol–water partition coefficient (Wildman–Crippen LogP) is 4.06. The Hall–Kier alpha value is -3.98. The molecule has 0 N–H and O–H groups in total. The lowest BCUT2D eigenvalue weighted by molar-refractivity contribution is -0.384. The molecule has 1 aliphatic heterocycles. The van der Waals surface area contributed by atoms with Crippen molar-refractivity contribution in [2.45, 2.75) is 26.4 Å². The van der Waals surface area contributed by atoms with Gasteiger partial charge in [-0.1, -0.05) is 42.5 Å². The Morgan fingerprint density at radius 2 is 1.62 bits per heavy atom. The van der Waals surface area contributed by atoms with E-state index >= 15 is 0 Å². The molecular formula is C25H26N2O7. The summed E-state index contributed by atoms with van der Waals surface area (Å²) < 4.78 is 16.0. The van der Waals surface area contributed by atoms with Crippen molar-refractivity contribution in [3.8, 4) is 0 Å². The van der Waals surface area contributed by atoms with E-state index in [1.54, 1.807) is 24.8 Å². The van der Waals surface area contributed by atoms with E-state index in [1.165, 1.54) is 32.4 Å². The zero-order chi connectivity index (χ0) is 24.8. The predicted molar refractivity (Wildman–Crippen MR) is 123 cm³/mol. The van der Waals surface area contributed by atoms with Gasteiger partial charge in [0.2, 0.25) is 0 Å². The van der Waals surface area contributed by atoms with Crippen LogP contribution in [0.15, 0.2) is 77.1 Å². The summed E-state index contributed by atoms with van der Waals surface area (Å²) >= 11 is 0. The Kier molecular flexibility index (Phi) is 7.80. The van der Waals surface area contributed by atoms with Crippen LogP contribution in [0.5, 0.6) is 0 Å². The minimum absolute atomic E-state index is 0.0264. The fraction of sp³-hybridized carbons (Fsp3) is 0.280. The third-order valence-electron chi connectivity index (χ3n) is 5.68. The zero-order valence-corrected chi connectivity index (χ0v) is 19.4. The second-order valence-electron chi connectivity index (χ2n) is 7.68. The fourth-order valence-corrected chi connectivity index (χ4v) is 4.02. The molecule has 0 saturated carbocycles. The van der Waals surface area contributed by atoms with E-state index in [2.05, 4.69) is 0 Å². The summed E-state index contributed by atoms with van der Waals surface area (Å²) in [6.45, 7) is 3.54. The van der Waals surface area contributed by atoms with Crippen molar-refractivity contribution in [1.82, 2.24) is 4.90 Å². The van der Waals surface area contributed by atoms with Gasteiger partial charge < -0.3 is 19.1 Å². The zero-order valence-electron chi connectivity index (χ0n) is 19.4. The molecule has 34 heavy (non-hydrogen) atoms. The average molecular weight is 466 g/mol. The highest BCUT2D eigenvalue weighted by molar-refractivity contribution is 5.99. The van der Waals surface area contributed by atoms with Crippen molar-refractivity contribution in [3.05, 3.63) is 98.4 Å². The number of hydrogen-bond acceptors (Lipinski definition) is 8. The normalized spacial score (nSPS) is 15.9. The monoisotopic (exact) mass is 466 g/mol. The molecule has 0 radical (unpaired) electrons. The summed E-state index contributed by atoms with van der Waals surface area (Å²) in [4.78, 5) is 38.9. The molecule has 3 rings (SSSR count). The molecule has 0 spiro atoms. The topological polar surface area (TPSA) is 108 Å². The first-order valence-corrected chi connectivity index (χ1v) is 10.5. The molecule has 0 amide bonds. The lowest BCUT2D eigenvalue weighted by Crippen LogP contribution is -2.36. The Morgan fingerprint density at radius 3 is 2.21 bits per heavy atom. The first kappa shape index (κ1) is 24.7. The number of non-ortho nitro benzene ring substituents is 1. The maximum Gasteiger partial charge on any atom is 0.337 e. The Balaban J connectivity index is 2.15. The SMILES string of the molecule is COCN1C(C)=C(C(=O)OC)[C@H](c2cccc([N+](=O)[O-])c2)C(C(=O)OCc2ccccc2)=C1C. The quantitative estimate of drug-likeness (QED) is 0.326. The number of allylic oxidation sites excluding steroid dienone is 2. The fourth-order valence-electron chi connectivity index (χ4n) is 4.02. The maximum atomic E-state index is 13.4. The number of benzene rings is 2. The van der Waals surface area contributed by atoms with E-state index < -0.39 is 22.8 Å². The van der Waals surface area contributed by atoms with Crippen LogP contribution in [0, 0.1) is 10.1 Å². The number of hydrogen-bond donors (Lipinski definition) is 0. The van der Waals surface area contributed by atoms with E-state index in [-0.39, 0.29) is 30.2 Å².